The summed E-state index contributed by atoms with van der Waals surface area (Å²) in [6.07, 6.45) is 0.352. The Bertz CT molecular complexity index is 479. The molecule has 5 nitrogen and oxygen atoms in total. The monoisotopic (exact) mass is 252 g/mol. The standard InChI is InChI=1S/C13H16O5/c1-13(2,12(14)15)6-8-4-9(16-3)5-10-11(8)18-7-17-10/h4-5H,6-7H2,1-3H3,(H,14,15). The van der Waals surface area contributed by atoms with Gasteiger partial charge in [-0.15, -0.1) is 0 Å². The van der Waals surface area contributed by atoms with Crippen LogP contribution in [-0.2, 0) is 11.2 Å². The van der Waals surface area contributed by atoms with Crippen LogP contribution in [0.5, 0.6) is 17.2 Å². The molecule has 5 heteroatoms. The van der Waals surface area contributed by atoms with Gasteiger partial charge in [0.25, 0.3) is 0 Å². The summed E-state index contributed by atoms with van der Waals surface area (Å²) in [5.74, 6) is 1.00. The van der Waals surface area contributed by atoms with E-state index in [2.05, 4.69) is 0 Å². The third-order valence-electron chi connectivity index (χ3n) is 2.97. The maximum Gasteiger partial charge on any atom is 0.309 e. The molecule has 18 heavy (non-hydrogen) atoms. The van der Waals surface area contributed by atoms with Crippen LogP contribution in [0.25, 0.3) is 0 Å². The highest BCUT2D eigenvalue weighted by atomic mass is 16.7. The Labute approximate surface area is 105 Å². The molecule has 0 unspecified atom stereocenters. The van der Waals surface area contributed by atoms with E-state index in [4.69, 9.17) is 14.2 Å². The lowest BCUT2D eigenvalue weighted by Gasteiger charge is -2.20. The second-order valence-corrected chi connectivity index (χ2v) is 4.89. The van der Waals surface area contributed by atoms with Crippen LogP contribution in [0.1, 0.15) is 19.4 Å². The summed E-state index contributed by atoms with van der Waals surface area (Å²) >= 11 is 0. The highest BCUT2D eigenvalue weighted by Crippen LogP contribution is 2.41. The van der Waals surface area contributed by atoms with Crippen molar-refractivity contribution in [2.24, 2.45) is 5.41 Å². The van der Waals surface area contributed by atoms with Crippen LogP contribution in [0.3, 0.4) is 0 Å². The van der Waals surface area contributed by atoms with E-state index in [9.17, 15) is 9.90 Å². The van der Waals surface area contributed by atoms with E-state index in [1.54, 1.807) is 33.1 Å². The number of methoxy groups -OCH3 is 1. The number of rotatable bonds is 4. The minimum absolute atomic E-state index is 0.156. The third-order valence-corrected chi connectivity index (χ3v) is 2.97. The fraction of sp³-hybridized carbons (Fsp3) is 0.462. The number of carboxylic acids is 1. The Balaban J connectivity index is 2.38. The number of hydrogen-bond acceptors (Lipinski definition) is 4. The molecule has 0 fully saturated rings. The number of fused-ring (bicyclic) bond motifs is 1. The Kier molecular flexibility index (Phi) is 3.07. The normalized spacial score (nSPS) is 13.5. The SMILES string of the molecule is COc1cc(CC(C)(C)C(=O)O)c2c(c1)OCO2. The maximum atomic E-state index is 11.2. The van der Waals surface area contributed by atoms with Crippen molar-refractivity contribution in [3.05, 3.63) is 17.7 Å². The highest BCUT2D eigenvalue weighted by Gasteiger charge is 2.31. The quantitative estimate of drug-likeness (QED) is 0.888. The van der Waals surface area contributed by atoms with Gasteiger partial charge in [0.15, 0.2) is 11.5 Å². The molecule has 1 aliphatic rings. The molecule has 0 saturated carbocycles. The van der Waals surface area contributed by atoms with E-state index in [0.29, 0.717) is 23.7 Å². The van der Waals surface area contributed by atoms with Crippen LogP contribution in [0.4, 0.5) is 0 Å². The molecule has 0 aliphatic carbocycles. The van der Waals surface area contributed by atoms with E-state index in [1.807, 2.05) is 0 Å². The third kappa shape index (κ3) is 2.20. The first-order valence-corrected chi connectivity index (χ1v) is 5.64. The van der Waals surface area contributed by atoms with E-state index in [1.165, 1.54) is 0 Å². The van der Waals surface area contributed by atoms with E-state index in [0.717, 1.165) is 5.56 Å². The van der Waals surface area contributed by atoms with Crippen molar-refractivity contribution >= 4 is 5.97 Å². The van der Waals surface area contributed by atoms with Gasteiger partial charge < -0.3 is 19.3 Å². The molecule has 1 heterocycles. The summed E-state index contributed by atoms with van der Waals surface area (Å²) < 4.78 is 15.9. The summed E-state index contributed by atoms with van der Waals surface area (Å²) in [6, 6.07) is 3.53. The summed E-state index contributed by atoms with van der Waals surface area (Å²) in [5, 5.41) is 9.17. The number of hydrogen-bond donors (Lipinski definition) is 1. The number of ether oxygens (including phenoxy) is 3. The van der Waals surface area contributed by atoms with E-state index < -0.39 is 11.4 Å². The van der Waals surface area contributed by atoms with Gasteiger partial charge in [0.2, 0.25) is 6.79 Å². The fourth-order valence-electron chi connectivity index (χ4n) is 1.86. The van der Waals surface area contributed by atoms with Gasteiger partial charge in [-0.05, 0) is 26.3 Å². The van der Waals surface area contributed by atoms with Gasteiger partial charge in [0.05, 0.1) is 12.5 Å². The lowest BCUT2D eigenvalue weighted by Crippen LogP contribution is -2.26. The van der Waals surface area contributed by atoms with Gasteiger partial charge in [0.1, 0.15) is 5.75 Å². The van der Waals surface area contributed by atoms with E-state index in [-0.39, 0.29) is 6.79 Å². The minimum atomic E-state index is -0.869. The van der Waals surface area contributed by atoms with Crippen molar-refractivity contribution in [2.45, 2.75) is 20.3 Å². The second kappa shape index (κ2) is 4.40. The Hall–Kier alpha value is -1.91. The zero-order valence-electron chi connectivity index (χ0n) is 10.6. The van der Waals surface area contributed by atoms with Gasteiger partial charge in [0, 0.05) is 11.6 Å². The topological polar surface area (TPSA) is 65.0 Å². The summed E-state index contributed by atoms with van der Waals surface area (Å²) in [5.41, 5.74) is -0.0826. The fourth-order valence-corrected chi connectivity index (χ4v) is 1.86. The summed E-state index contributed by atoms with van der Waals surface area (Å²) in [6.45, 7) is 3.51. The first-order chi connectivity index (χ1) is 8.44. The molecule has 1 aromatic carbocycles. The Morgan fingerprint density at radius 3 is 2.78 bits per heavy atom. The van der Waals surface area contributed by atoms with Crippen molar-refractivity contribution in [3.8, 4) is 17.2 Å². The first kappa shape index (κ1) is 12.5. The second-order valence-electron chi connectivity index (χ2n) is 4.89. The zero-order valence-corrected chi connectivity index (χ0v) is 10.6. The van der Waals surface area contributed by atoms with Crippen LogP contribution < -0.4 is 14.2 Å². The predicted molar refractivity (Wildman–Crippen MR) is 64.2 cm³/mol. The molecule has 0 radical (unpaired) electrons. The van der Waals surface area contributed by atoms with Crippen molar-refractivity contribution in [3.63, 3.8) is 0 Å². The average molecular weight is 252 g/mol. The van der Waals surface area contributed by atoms with Crippen molar-refractivity contribution < 1.29 is 24.1 Å². The van der Waals surface area contributed by atoms with Crippen LogP contribution in [0.2, 0.25) is 0 Å². The van der Waals surface area contributed by atoms with Gasteiger partial charge in [-0.1, -0.05) is 0 Å². The Morgan fingerprint density at radius 1 is 1.44 bits per heavy atom. The molecule has 0 amide bonds. The van der Waals surface area contributed by atoms with Gasteiger partial charge in [-0.2, -0.15) is 0 Å². The molecule has 0 aromatic heterocycles. The largest absolute Gasteiger partial charge is 0.497 e. The smallest absolute Gasteiger partial charge is 0.309 e. The average Bonchev–Trinajstić information content (AvgIpc) is 2.76. The molecular weight excluding hydrogens is 236 g/mol. The number of aliphatic carboxylic acids is 1. The highest BCUT2D eigenvalue weighted by molar-refractivity contribution is 5.74. The Morgan fingerprint density at radius 2 is 2.17 bits per heavy atom. The minimum Gasteiger partial charge on any atom is -0.497 e. The molecule has 1 aromatic rings. The molecule has 0 bridgehead atoms. The molecule has 0 saturated heterocycles. The summed E-state index contributed by atoms with van der Waals surface area (Å²) in [4.78, 5) is 11.2. The molecule has 1 aliphatic heterocycles. The number of benzene rings is 1. The van der Waals surface area contributed by atoms with Crippen LogP contribution in [-0.4, -0.2) is 25.0 Å². The van der Waals surface area contributed by atoms with E-state index >= 15 is 0 Å². The molecular formula is C13H16O5. The lowest BCUT2D eigenvalue weighted by molar-refractivity contribution is -0.146. The first-order valence-electron chi connectivity index (χ1n) is 5.64. The predicted octanol–water partition coefficient (Wildman–Crippen LogP) is 2.08. The van der Waals surface area contributed by atoms with Gasteiger partial charge in [-0.3, -0.25) is 4.79 Å². The molecule has 2 rings (SSSR count). The molecule has 0 spiro atoms. The molecule has 98 valence electrons. The van der Waals surface area contributed by atoms with Crippen molar-refractivity contribution in [2.75, 3.05) is 13.9 Å². The van der Waals surface area contributed by atoms with Crippen LogP contribution in [0, 0.1) is 5.41 Å². The van der Waals surface area contributed by atoms with Crippen molar-refractivity contribution in [1.29, 1.82) is 0 Å². The van der Waals surface area contributed by atoms with Gasteiger partial charge >= 0.3 is 5.97 Å². The number of carboxylic acid groups (broad SMARTS) is 1. The molecule has 1 N–H and O–H groups in total. The zero-order chi connectivity index (χ0) is 13.3. The van der Waals surface area contributed by atoms with Crippen LogP contribution >= 0.6 is 0 Å². The molecule has 0 atom stereocenters. The summed E-state index contributed by atoms with van der Waals surface area (Å²) in [7, 11) is 1.56. The maximum absolute atomic E-state index is 11.2. The van der Waals surface area contributed by atoms with Crippen LogP contribution in [0.15, 0.2) is 12.1 Å². The van der Waals surface area contributed by atoms with Crippen molar-refractivity contribution in [1.82, 2.24) is 0 Å². The van der Waals surface area contributed by atoms with Gasteiger partial charge in [-0.25, -0.2) is 0 Å². The lowest BCUT2D eigenvalue weighted by atomic mass is 9.85. The number of carbonyl (C=O) groups is 1.